The molecule has 0 aromatic heterocycles. The zero-order valence-electron chi connectivity index (χ0n) is 10.3. The maximum absolute atomic E-state index is 5.68. The molecule has 92 valence electrons. The van der Waals surface area contributed by atoms with Crippen molar-refractivity contribution in [2.45, 2.75) is 0 Å². The van der Waals surface area contributed by atoms with Gasteiger partial charge in [0.2, 0.25) is 0 Å². The first-order valence-electron chi connectivity index (χ1n) is 6.27. The van der Waals surface area contributed by atoms with Crippen LogP contribution in [0.2, 0.25) is 0 Å². The number of piperazine rings is 1. The molecule has 2 heterocycles. The van der Waals surface area contributed by atoms with E-state index < -0.39 is 0 Å². The first-order valence-corrected chi connectivity index (χ1v) is 6.27. The second-order valence-corrected chi connectivity index (χ2v) is 4.75. The van der Waals surface area contributed by atoms with Gasteiger partial charge in [-0.25, -0.2) is 0 Å². The standard InChI is InChI=1S/C13H19N3O/c1-15-5-7-16(8-6-15)11-2-3-12-13(10-11)17-9-4-14-12/h2-3,10,14H,4-9H2,1H3. The van der Waals surface area contributed by atoms with Crippen LogP contribution < -0.4 is 15.0 Å². The van der Waals surface area contributed by atoms with Gasteiger partial charge >= 0.3 is 0 Å². The zero-order chi connectivity index (χ0) is 11.7. The molecule has 0 unspecified atom stereocenters. The molecule has 1 N–H and O–H groups in total. The van der Waals surface area contributed by atoms with Gasteiger partial charge < -0.3 is 19.9 Å². The van der Waals surface area contributed by atoms with Crippen molar-refractivity contribution in [3.05, 3.63) is 18.2 Å². The van der Waals surface area contributed by atoms with E-state index in [0.717, 1.165) is 50.8 Å². The van der Waals surface area contributed by atoms with Crippen molar-refractivity contribution in [2.75, 3.05) is 56.6 Å². The van der Waals surface area contributed by atoms with Crippen molar-refractivity contribution >= 4 is 11.4 Å². The van der Waals surface area contributed by atoms with Crippen molar-refractivity contribution in [1.29, 1.82) is 0 Å². The maximum atomic E-state index is 5.68. The van der Waals surface area contributed by atoms with Crippen molar-refractivity contribution in [3.63, 3.8) is 0 Å². The Morgan fingerprint density at radius 3 is 2.82 bits per heavy atom. The van der Waals surface area contributed by atoms with Crippen LogP contribution in [0.1, 0.15) is 0 Å². The summed E-state index contributed by atoms with van der Waals surface area (Å²) in [4.78, 5) is 4.80. The number of hydrogen-bond acceptors (Lipinski definition) is 4. The SMILES string of the molecule is CN1CCN(c2ccc3c(c2)OCCN3)CC1. The summed E-state index contributed by atoms with van der Waals surface area (Å²) in [5.74, 6) is 0.993. The molecule has 0 amide bonds. The summed E-state index contributed by atoms with van der Waals surface area (Å²) in [6, 6.07) is 6.47. The lowest BCUT2D eigenvalue weighted by molar-refractivity contribution is 0.311. The fourth-order valence-corrected chi connectivity index (χ4v) is 2.38. The summed E-state index contributed by atoms with van der Waals surface area (Å²) in [6.45, 7) is 6.14. The quantitative estimate of drug-likeness (QED) is 0.790. The van der Waals surface area contributed by atoms with Crippen LogP contribution in [-0.2, 0) is 0 Å². The van der Waals surface area contributed by atoms with Gasteiger partial charge in [-0.1, -0.05) is 0 Å². The summed E-state index contributed by atoms with van der Waals surface area (Å²) in [7, 11) is 2.18. The van der Waals surface area contributed by atoms with E-state index in [1.807, 2.05) is 0 Å². The number of rotatable bonds is 1. The topological polar surface area (TPSA) is 27.7 Å². The van der Waals surface area contributed by atoms with Gasteiger partial charge in [0.25, 0.3) is 0 Å². The zero-order valence-corrected chi connectivity index (χ0v) is 10.3. The van der Waals surface area contributed by atoms with E-state index >= 15 is 0 Å². The Morgan fingerprint density at radius 1 is 1.18 bits per heavy atom. The first-order chi connectivity index (χ1) is 8.33. The third kappa shape index (κ3) is 2.17. The van der Waals surface area contributed by atoms with Gasteiger partial charge in [0.15, 0.2) is 0 Å². The Morgan fingerprint density at radius 2 is 2.00 bits per heavy atom. The molecule has 0 aliphatic carbocycles. The smallest absolute Gasteiger partial charge is 0.144 e. The number of fused-ring (bicyclic) bond motifs is 1. The van der Waals surface area contributed by atoms with Gasteiger partial charge in [0.05, 0.1) is 5.69 Å². The van der Waals surface area contributed by atoms with E-state index in [-0.39, 0.29) is 0 Å². The minimum Gasteiger partial charge on any atom is -0.490 e. The Bertz CT molecular complexity index is 400. The number of hydrogen-bond donors (Lipinski definition) is 1. The molecule has 4 nitrogen and oxygen atoms in total. The van der Waals surface area contributed by atoms with Crippen molar-refractivity contribution in [1.82, 2.24) is 4.90 Å². The van der Waals surface area contributed by atoms with E-state index in [1.165, 1.54) is 5.69 Å². The van der Waals surface area contributed by atoms with Crippen LogP contribution in [0, 0.1) is 0 Å². The summed E-state index contributed by atoms with van der Waals surface area (Å²) in [5.41, 5.74) is 2.40. The highest BCUT2D eigenvalue weighted by molar-refractivity contribution is 5.65. The summed E-state index contributed by atoms with van der Waals surface area (Å²) < 4.78 is 5.68. The number of nitrogens with one attached hydrogen (secondary N) is 1. The van der Waals surface area contributed by atoms with Gasteiger partial charge in [0, 0.05) is 44.5 Å². The third-order valence-electron chi connectivity index (χ3n) is 3.51. The second-order valence-electron chi connectivity index (χ2n) is 4.75. The Balaban J connectivity index is 1.79. The average molecular weight is 233 g/mol. The second kappa shape index (κ2) is 4.45. The monoisotopic (exact) mass is 233 g/mol. The lowest BCUT2D eigenvalue weighted by Gasteiger charge is -2.34. The lowest BCUT2D eigenvalue weighted by atomic mass is 10.2. The molecular weight excluding hydrogens is 214 g/mol. The number of benzene rings is 1. The Kier molecular flexibility index (Phi) is 2.81. The number of likely N-dealkylation sites (N-methyl/N-ethyl adjacent to an activating group) is 1. The maximum Gasteiger partial charge on any atom is 0.144 e. The predicted octanol–water partition coefficient (Wildman–Crippen LogP) is 1.24. The Labute approximate surface area is 102 Å². The molecule has 4 heteroatoms. The fourth-order valence-electron chi connectivity index (χ4n) is 2.38. The molecule has 3 rings (SSSR count). The highest BCUT2D eigenvalue weighted by atomic mass is 16.5. The van der Waals surface area contributed by atoms with E-state index in [4.69, 9.17) is 4.74 Å². The molecule has 0 saturated carbocycles. The van der Waals surface area contributed by atoms with Crippen molar-refractivity contribution in [2.24, 2.45) is 0 Å². The molecule has 0 radical (unpaired) electrons. The van der Waals surface area contributed by atoms with E-state index in [2.05, 4.69) is 40.4 Å². The van der Waals surface area contributed by atoms with Crippen LogP contribution in [-0.4, -0.2) is 51.3 Å². The summed E-state index contributed by atoms with van der Waals surface area (Å²) in [6.07, 6.45) is 0. The van der Waals surface area contributed by atoms with Crippen LogP contribution in [0.3, 0.4) is 0 Å². The Hall–Kier alpha value is -1.42. The van der Waals surface area contributed by atoms with E-state index in [0.29, 0.717) is 0 Å². The molecule has 2 aliphatic heterocycles. The molecular formula is C13H19N3O. The number of ether oxygens (including phenoxy) is 1. The van der Waals surface area contributed by atoms with E-state index in [9.17, 15) is 0 Å². The molecule has 0 atom stereocenters. The molecule has 0 spiro atoms. The van der Waals surface area contributed by atoms with Crippen LogP contribution in [0.4, 0.5) is 11.4 Å². The van der Waals surface area contributed by atoms with Gasteiger partial charge in [-0.3, -0.25) is 0 Å². The summed E-state index contributed by atoms with van der Waals surface area (Å²) >= 11 is 0. The number of nitrogens with zero attached hydrogens (tertiary/aromatic N) is 2. The number of anilines is 2. The highest BCUT2D eigenvalue weighted by Gasteiger charge is 2.16. The van der Waals surface area contributed by atoms with Gasteiger partial charge in [-0.05, 0) is 19.2 Å². The molecule has 2 aliphatic rings. The van der Waals surface area contributed by atoms with E-state index in [1.54, 1.807) is 0 Å². The lowest BCUT2D eigenvalue weighted by Crippen LogP contribution is -2.44. The molecule has 0 bridgehead atoms. The minimum atomic E-state index is 0.763. The van der Waals surface area contributed by atoms with Crippen LogP contribution in [0.15, 0.2) is 18.2 Å². The normalized spacial score (nSPS) is 20.4. The molecule has 17 heavy (non-hydrogen) atoms. The van der Waals surface area contributed by atoms with Crippen molar-refractivity contribution < 1.29 is 4.74 Å². The van der Waals surface area contributed by atoms with Crippen LogP contribution in [0.5, 0.6) is 5.75 Å². The predicted molar refractivity (Wildman–Crippen MR) is 70.1 cm³/mol. The third-order valence-corrected chi connectivity index (χ3v) is 3.51. The van der Waals surface area contributed by atoms with Crippen molar-refractivity contribution in [3.8, 4) is 5.75 Å². The van der Waals surface area contributed by atoms with Gasteiger partial charge in [0.1, 0.15) is 12.4 Å². The molecule has 1 aromatic rings. The average Bonchev–Trinajstić information content (AvgIpc) is 2.39. The van der Waals surface area contributed by atoms with Gasteiger partial charge in [-0.2, -0.15) is 0 Å². The van der Waals surface area contributed by atoms with Gasteiger partial charge in [-0.15, -0.1) is 0 Å². The molecule has 1 saturated heterocycles. The first kappa shape index (κ1) is 10.7. The summed E-state index contributed by atoms with van der Waals surface area (Å²) in [5, 5.41) is 3.35. The van der Waals surface area contributed by atoms with Crippen LogP contribution >= 0.6 is 0 Å². The van der Waals surface area contributed by atoms with Crippen LogP contribution in [0.25, 0.3) is 0 Å². The largest absolute Gasteiger partial charge is 0.490 e. The molecule has 1 aromatic carbocycles. The molecule has 1 fully saturated rings. The minimum absolute atomic E-state index is 0.763. The highest BCUT2D eigenvalue weighted by Crippen LogP contribution is 2.32. The fraction of sp³-hybridized carbons (Fsp3) is 0.538.